The normalized spacial score (nSPS) is 26.2. The number of amides is 1. The van der Waals surface area contributed by atoms with Crippen molar-refractivity contribution in [2.24, 2.45) is 5.41 Å². The van der Waals surface area contributed by atoms with E-state index in [1.165, 1.54) is 0 Å². The van der Waals surface area contributed by atoms with Crippen LogP contribution in [0.15, 0.2) is 0 Å². The summed E-state index contributed by atoms with van der Waals surface area (Å²) in [6.07, 6.45) is -0.136. The molecule has 1 rings (SSSR count). The highest BCUT2D eigenvalue weighted by Gasteiger charge is 2.42. The Bertz CT molecular complexity index is 288. The van der Waals surface area contributed by atoms with Crippen LogP contribution in [-0.2, 0) is 4.74 Å². The molecule has 0 spiro atoms. The molecule has 1 saturated heterocycles. The first-order valence-corrected chi connectivity index (χ1v) is 6.18. The van der Waals surface area contributed by atoms with Crippen LogP contribution in [0, 0.1) is 5.41 Å². The molecule has 0 aromatic heterocycles. The smallest absolute Gasteiger partial charge is 0.410 e. The Balaban J connectivity index is 2.78. The molecule has 1 N–H and O–H groups in total. The zero-order valence-corrected chi connectivity index (χ0v) is 11.8. The minimum absolute atomic E-state index is 0.0346. The highest BCUT2D eigenvalue weighted by molar-refractivity contribution is 5.69. The molecule has 1 aliphatic heterocycles. The van der Waals surface area contributed by atoms with Gasteiger partial charge in [0, 0.05) is 6.04 Å². The van der Waals surface area contributed by atoms with E-state index in [4.69, 9.17) is 4.74 Å². The summed E-state index contributed by atoms with van der Waals surface area (Å²) in [5.41, 5.74) is -0.540. The van der Waals surface area contributed by atoms with E-state index in [0.29, 0.717) is 13.0 Å². The van der Waals surface area contributed by atoms with E-state index in [1.54, 1.807) is 4.90 Å². The van der Waals surface area contributed by atoms with Crippen molar-refractivity contribution < 1.29 is 14.6 Å². The first kappa shape index (κ1) is 14.3. The Kier molecular flexibility index (Phi) is 3.77. The zero-order chi connectivity index (χ0) is 13.4. The van der Waals surface area contributed by atoms with Crippen molar-refractivity contribution in [1.29, 1.82) is 0 Å². The summed E-state index contributed by atoms with van der Waals surface area (Å²) in [7, 11) is 0. The fourth-order valence-corrected chi connectivity index (χ4v) is 2.16. The second kappa shape index (κ2) is 4.48. The summed E-state index contributed by atoms with van der Waals surface area (Å²) < 4.78 is 5.37. The number of carbonyl (C=O) groups is 1. The van der Waals surface area contributed by atoms with Crippen molar-refractivity contribution in [3.8, 4) is 0 Å². The summed E-state index contributed by atoms with van der Waals surface area (Å²) >= 11 is 0. The maximum atomic E-state index is 12.1. The van der Waals surface area contributed by atoms with Gasteiger partial charge in [0.1, 0.15) is 5.60 Å². The van der Waals surface area contributed by atoms with Crippen molar-refractivity contribution in [2.75, 3.05) is 6.54 Å². The molecule has 1 fully saturated rings. The molecule has 100 valence electrons. The largest absolute Gasteiger partial charge is 0.444 e. The van der Waals surface area contributed by atoms with Gasteiger partial charge in [0.05, 0.1) is 12.6 Å². The molecule has 0 aromatic rings. The first-order chi connectivity index (χ1) is 7.50. The molecule has 0 aromatic carbocycles. The lowest BCUT2D eigenvalue weighted by Gasteiger charge is -2.35. The quantitative estimate of drug-likeness (QED) is 0.710. The van der Waals surface area contributed by atoms with Crippen molar-refractivity contribution in [2.45, 2.75) is 65.7 Å². The Labute approximate surface area is 104 Å². The number of β-amino-alcohol motifs (C(OH)–C–C–N with tert-alkyl or cyclic N) is 1. The third-order valence-corrected chi connectivity index (χ3v) is 2.91. The molecular weight excluding hydrogens is 218 g/mol. The van der Waals surface area contributed by atoms with Crippen LogP contribution >= 0.6 is 0 Å². The van der Waals surface area contributed by atoms with Gasteiger partial charge in [0.2, 0.25) is 0 Å². The van der Waals surface area contributed by atoms with E-state index in [-0.39, 0.29) is 17.6 Å². The highest BCUT2D eigenvalue weighted by atomic mass is 16.6. The Hall–Kier alpha value is -0.770. The van der Waals surface area contributed by atoms with Crippen LogP contribution in [0.25, 0.3) is 0 Å². The highest BCUT2D eigenvalue weighted by Crippen LogP contribution is 2.33. The zero-order valence-electron chi connectivity index (χ0n) is 11.8. The lowest BCUT2D eigenvalue weighted by molar-refractivity contribution is 0.0113. The lowest BCUT2D eigenvalue weighted by Crippen LogP contribution is -2.45. The van der Waals surface area contributed by atoms with Gasteiger partial charge < -0.3 is 14.7 Å². The molecule has 17 heavy (non-hydrogen) atoms. The monoisotopic (exact) mass is 243 g/mol. The topological polar surface area (TPSA) is 49.8 Å². The van der Waals surface area contributed by atoms with Gasteiger partial charge >= 0.3 is 6.09 Å². The SMILES string of the molecule is CC(C)(C)OC(=O)N1C[C@H](O)C[C@H]1C(C)(C)C. The summed E-state index contributed by atoms with van der Waals surface area (Å²) in [5, 5.41) is 9.73. The number of nitrogens with zero attached hydrogens (tertiary/aromatic N) is 1. The molecule has 0 bridgehead atoms. The third kappa shape index (κ3) is 3.87. The van der Waals surface area contributed by atoms with Crippen molar-refractivity contribution >= 4 is 6.09 Å². The molecule has 1 aliphatic rings. The first-order valence-electron chi connectivity index (χ1n) is 6.18. The average molecular weight is 243 g/mol. The molecule has 1 heterocycles. The predicted molar refractivity (Wildman–Crippen MR) is 66.8 cm³/mol. The molecular formula is C13H25NO3. The summed E-state index contributed by atoms with van der Waals surface area (Å²) in [6, 6.07) is 0.0346. The van der Waals surface area contributed by atoms with E-state index < -0.39 is 11.7 Å². The minimum atomic E-state index is -0.493. The van der Waals surface area contributed by atoms with Crippen molar-refractivity contribution in [3.05, 3.63) is 0 Å². The standard InChI is InChI=1S/C13H25NO3/c1-12(2,3)10-7-9(15)8-14(10)11(16)17-13(4,5)6/h9-10,15H,7-8H2,1-6H3/t9-,10+/m1/s1. The van der Waals surface area contributed by atoms with Gasteiger partial charge in [0.15, 0.2) is 0 Å². The maximum Gasteiger partial charge on any atom is 0.410 e. The van der Waals surface area contributed by atoms with Crippen molar-refractivity contribution in [1.82, 2.24) is 4.90 Å². The second-order valence-electron chi connectivity index (χ2n) is 6.90. The molecule has 0 radical (unpaired) electrons. The number of hydrogen-bond acceptors (Lipinski definition) is 3. The van der Waals surface area contributed by atoms with E-state index in [1.807, 2.05) is 20.8 Å². The minimum Gasteiger partial charge on any atom is -0.444 e. The van der Waals surface area contributed by atoms with Gasteiger partial charge in [-0.1, -0.05) is 20.8 Å². The van der Waals surface area contributed by atoms with Gasteiger partial charge in [-0.15, -0.1) is 0 Å². The van der Waals surface area contributed by atoms with Gasteiger partial charge in [-0.05, 0) is 32.6 Å². The summed E-state index contributed by atoms with van der Waals surface area (Å²) in [5.74, 6) is 0. The van der Waals surface area contributed by atoms with Crippen LogP contribution in [0.4, 0.5) is 4.79 Å². The molecule has 1 amide bonds. The molecule has 0 saturated carbocycles. The predicted octanol–water partition coefficient (Wildman–Crippen LogP) is 2.40. The molecule has 2 atom stereocenters. The number of rotatable bonds is 0. The average Bonchev–Trinajstić information content (AvgIpc) is 2.43. The van der Waals surface area contributed by atoms with Crippen molar-refractivity contribution in [3.63, 3.8) is 0 Å². The van der Waals surface area contributed by atoms with E-state index in [2.05, 4.69) is 20.8 Å². The van der Waals surface area contributed by atoms with E-state index in [9.17, 15) is 9.90 Å². The van der Waals surface area contributed by atoms with E-state index in [0.717, 1.165) is 0 Å². The van der Waals surface area contributed by atoms with Gasteiger partial charge in [0.25, 0.3) is 0 Å². The fraction of sp³-hybridized carbons (Fsp3) is 0.923. The van der Waals surface area contributed by atoms with Gasteiger partial charge in [-0.3, -0.25) is 0 Å². The van der Waals surface area contributed by atoms with Gasteiger partial charge in [-0.25, -0.2) is 4.79 Å². The molecule has 4 heteroatoms. The third-order valence-electron chi connectivity index (χ3n) is 2.91. The Morgan fingerprint density at radius 1 is 1.24 bits per heavy atom. The van der Waals surface area contributed by atoms with Crippen LogP contribution in [-0.4, -0.2) is 40.4 Å². The van der Waals surface area contributed by atoms with E-state index >= 15 is 0 Å². The van der Waals surface area contributed by atoms with Crippen LogP contribution in [0.2, 0.25) is 0 Å². The molecule has 4 nitrogen and oxygen atoms in total. The Morgan fingerprint density at radius 3 is 2.18 bits per heavy atom. The number of hydrogen-bond donors (Lipinski definition) is 1. The lowest BCUT2D eigenvalue weighted by atomic mass is 9.85. The second-order valence-corrected chi connectivity index (χ2v) is 6.90. The fourth-order valence-electron chi connectivity index (χ4n) is 2.16. The summed E-state index contributed by atoms with van der Waals surface area (Å²) in [4.78, 5) is 13.7. The van der Waals surface area contributed by atoms with Crippen LogP contribution in [0.5, 0.6) is 0 Å². The number of aliphatic hydroxyl groups is 1. The van der Waals surface area contributed by atoms with Crippen LogP contribution in [0.3, 0.4) is 0 Å². The number of ether oxygens (including phenoxy) is 1. The number of likely N-dealkylation sites (tertiary alicyclic amines) is 1. The van der Waals surface area contributed by atoms with Crippen LogP contribution in [0.1, 0.15) is 48.0 Å². The maximum absolute atomic E-state index is 12.1. The Morgan fingerprint density at radius 2 is 1.76 bits per heavy atom. The summed E-state index contributed by atoms with van der Waals surface area (Å²) in [6.45, 7) is 12.2. The number of carbonyl (C=O) groups excluding carboxylic acids is 1. The van der Waals surface area contributed by atoms with Gasteiger partial charge in [-0.2, -0.15) is 0 Å². The molecule has 0 unspecified atom stereocenters. The molecule has 0 aliphatic carbocycles. The number of aliphatic hydroxyl groups excluding tert-OH is 1. The van der Waals surface area contributed by atoms with Crippen LogP contribution < -0.4 is 0 Å².